The number of carbonyl (C=O) groups excluding carboxylic acids is 2. The average molecular weight is 358 g/mol. The molecule has 1 aliphatic heterocycles. The number of amides is 2. The fraction of sp³-hybridized carbons (Fsp3) is 0.217. The summed E-state index contributed by atoms with van der Waals surface area (Å²) >= 11 is 0. The van der Waals surface area contributed by atoms with Gasteiger partial charge >= 0.3 is 0 Å². The molecule has 3 aromatic carbocycles. The van der Waals surface area contributed by atoms with Crippen molar-refractivity contribution in [1.82, 2.24) is 5.32 Å². The summed E-state index contributed by atoms with van der Waals surface area (Å²) in [7, 11) is 0. The maximum absolute atomic E-state index is 12.7. The molecule has 1 aliphatic rings. The molecular weight excluding hydrogens is 336 g/mol. The third-order valence-electron chi connectivity index (χ3n) is 5.27. The van der Waals surface area contributed by atoms with Crippen molar-refractivity contribution < 1.29 is 9.59 Å². The summed E-state index contributed by atoms with van der Waals surface area (Å²) in [5.74, 6) is -0.0949. The predicted octanol–water partition coefficient (Wildman–Crippen LogP) is 3.99. The Morgan fingerprint density at radius 3 is 2.52 bits per heavy atom. The van der Waals surface area contributed by atoms with Crippen molar-refractivity contribution in [2.75, 3.05) is 11.4 Å². The number of carbonyl (C=O) groups is 2. The molecule has 0 spiro atoms. The van der Waals surface area contributed by atoms with Crippen LogP contribution < -0.4 is 10.2 Å². The van der Waals surface area contributed by atoms with Crippen LogP contribution in [0.5, 0.6) is 0 Å². The van der Waals surface area contributed by atoms with Gasteiger partial charge in [0, 0.05) is 24.2 Å². The van der Waals surface area contributed by atoms with Crippen LogP contribution in [0, 0.1) is 13.8 Å². The van der Waals surface area contributed by atoms with Gasteiger partial charge in [0.15, 0.2) is 0 Å². The van der Waals surface area contributed by atoms with Crippen LogP contribution in [0.15, 0.2) is 60.7 Å². The van der Waals surface area contributed by atoms with E-state index in [0.717, 1.165) is 22.0 Å². The molecular formula is C23H22N2O2. The summed E-state index contributed by atoms with van der Waals surface area (Å²) < 4.78 is 0. The number of fused-ring (bicyclic) bond motifs is 1. The van der Waals surface area contributed by atoms with Crippen molar-refractivity contribution in [3.05, 3.63) is 77.4 Å². The molecule has 27 heavy (non-hydrogen) atoms. The third kappa shape index (κ3) is 3.43. The summed E-state index contributed by atoms with van der Waals surface area (Å²) in [5, 5.41) is 5.15. The first-order valence-corrected chi connectivity index (χ1v) is 9.18. The quantitative estimate of drug-likeness (QED) is 0.770. The van der Waals surface area contributed by atoms with Gasteiger partial charge in [-0.05, 0) is 60.0 Å². The summed E-state index contributed by atoms with van der Waals surface area (Å²) in [5.41, 5.74) is 3.87. The number of benzene rings is 3. The van der Waals surface area contributed by atoms with E-state index >= 15 is 0 Å². The Labute approximate surface area is 158 Å². The smallest absolute Gasteiger partial charge is 0.251 e. The molecule has 0 saturated carbocycles. The van der Waals surface area contributed by atoms with Gasteiger partial charge in [0.2, 0.25) is 5.91 Å². The molecule has 4 rings (SSSR count). The number of hydrogen-bond acceptors (Lipinski definition) is 2. The standard InChI is InChI=1S/C23H22N2O2/c1-15-7-10-21(11-16(15)2)25-14-20(13-22(25)26)24-23(27)19-9-8-17-5-3-4-6-18(17)12-19/h3-12,20H,13-14H2,1-2H3,(H,24,27)/t20-/m0/s1. The van der Waals surface area contributed by atoms with Crippen molar-refractivity contribution in [3.63, 3.8) is 0 Å². The highest BCUT2D eigenvalue weighted by Gasteiger charge is 2.31. The van der Waals surface area contributed by atoms with E-state index in [0.29, 0.717) is 18.5 Å². The van der Waals surface area contributed by atoms with Gasteiger partial charge in [-0.1, -0.05) is 36.4 Å². The zero-order valence-corrected chi connectivity index (χ0v) is 15.5. The van der Waals surface area contributed by atoms with E-state index in [1.165, 1.54) is 5.56 Å². The monoisotopic (exact) mass is 358 g/mol. The second kappa shape index (κ2) is 6.88. The molecule has 4 heteroatoms. The Morgan fingerprint density at radius 2 is 1.74 bits per heavy atom. The minimum Gasteiger partial charge on any atom is -0.347 e. The average Bonchev–Trinajstić information content (AvgIpc) is 3.03. The third-order valence-corrected chi connectivity index (χ3v) is 5.27. The van der Waals surface area contributed by atoms with E-state index in [4.69, 9.17) is 0 Å². The summed E-state index contributed by atoms with van der Waals surface area (Å²) in [6.07, 6.45) is 0.326. The molecule has 1 N–H and O–H groups in total. The van der Waals surface area contributed by atoms with E-state index < -0.39 is 0 Å². The highest BCUT2D eigenvalue weighted by atomic mass is 16.2. The van der Waals surface area contributed by atoms with Gasteiger partial charge in [-0.2, -0.15) is 0 Å². The molecule has 3 aromatic rings. The SMILES string of the molecule is Cc1ccc(N2C[C@@H](NC(=O)c3ccc4ccccc4c3)CC2=O)cc1C. The molecule has 1 atom stereocenters. The Hall–Kier alpha value is -3.14. The molecule has 1 heterocycles. The van der Waals surface area contributed by atoms with Gasteiger partial charge in [-0.25, -0.2) is 0 Å². The van der Waals surface area contributed by atoms with Crippen LogP contribution in [-0.2, 0) is 4.79 Å². The largest absolute Gasteiger partial charge is 0.347 e. The van der Waals surface area contributed by atoms with Gasteiger partial charge in [0.05, 0.1) is 6.04 Å². The van der Waals surface area contributed by atoms with Crippen LogP contribution in [0.1, 0.15) is 27.9 Å². The maximum atomic E-state index is 12.7. The van der Waals surface area contributed by atoms with Crippen LogP contribution in [0.2, 0.25) is 0 Å². The Balaban J connectivity index is 1.48. The summed E-state index contributed by atoms with van der Waals surface area (Å²) in [6, 6.07) is 19.5. The second-order valence-electron chi connectivity index (χ2n) is 7.21. The summed E-state index contributed by atoms with van der Waals surface area (Å²) in [4.78, 5) is 26.9. The molecule has 2 amide bonds. The molecule has 1 saturated heterocycles. The van der Waals surface area contributed by atoms with Gasteiger partial charge in [-0.15, -0.1) is 0 Å². The number of nitrogens with zero attached hydrogens (tertiary/aromatic N) is 1. The van der Waals surface area contributed by atoms with Crippen LogP contribution in [-0.4, -0.2) is 24.4 Å². The van der Waals surface area contributed by atoms with E-state index in [2.05, 4.69) is 12.2 Å². The zero-order chi connectivity index (χ0) is 19.0. The molecule has 0 bridgehead atoms. The minimum absolute atomic E-state index is 0.0436. The number of aryl methyl sites for hydroxylation is 2. The van der Waals surface area contributed by atoms with Gasteiger partial charge in [-0.3, -0.25) is 9.59 Å². The van der Waals surface area contributed by atoms with Crippen LogP contribution in [0.4, 0.5) is 5.69 Å². The first kappa shape index (κ1) is 17.3. The topological polar surface area (TPSA) is 49.4 Å². The second-order valence-corrected chi connectivity index (χ2v) is 7.21. The fourth-order valence-electron chi connectivity index (χ4n) is 3.55. The lowest BCUT2D eigenvalue weighted by Crippen LogP contribution is -2.37. The molecule has 4 nitrogen and oxygen atoms in total. The van der Waals surface area contributed by atoms with Crippen molar-refractivity contribution in [1.29, 1.82) is 0 Å². The molecule has 0 radical (unpaired) electrons. The lowest BCUT2D eigenvalue weighted by atomic mass is 10.1. The number of nitrogens with one attached hydrogen (secondary N) is 1. The molecule has 1 fully saturated rings. The van der Waals surface area contributed by atoms with Crippen molar-refractivity contribution in [3.8, 4) is 0 Å². The maximum Gasteiger partial charge on any atom is 0.251 e. The van der Waals surface area contributed by atoms with E-state index in [-0.39, 0.29) is 17.9 Å². The van der Waals surface area contributed by atoms with Crippen molar-refractivity contribution >= 4 is 28.3 Å². The highest BCUT2D eigenvalue weighted by molar-refractivity contribution is 6.01. The highest BCUT2D eigenvalue weighted by Crippen LogP contribution is 2.24. The predicted molar refractivity (Wildman–Crippen MR) is 108 cm³/mol. The van der Waals surface area contributed by atoms with Crippen molar-refractivity contribution in [2.24, 2.45) is 0 Å². The molecule has 0 aromatic heterocycles. The normalized spacial score (nSPS) is 16.7. The Bertz CT molecular complexity index is 1040. The molecule has 0 aliphatic carbocycles. The lowest BCUT2D eigenvalue weighted by Gasteiger charge is -2.18. The first-order chi connectivity index (χ1) is 13.0. The zero-order valence-electron chi connectivity index (χ0n) is 15.5. The van der Waals surface area contributed by atoms with Gasteiger partial charge < -0.3 is 10.2 Å². The first-order valence-electron chi connectivity index (χ1n) is 9.18. The Morgan fingerprint density at radius 1 is 0.963 bits per heavy atom. The van der Waals surface area contributed by atoms with Crippen molar-refractivity contribution in [2.45, 2.75) is 26.3 Å². The van der Waals surface area contributed by atoms with Gasteiger partial charge in [0.25, 0.3) is 5.91 Å². The van der Waals surface area contributed by atoms with E-state index in [1.807, 2.05) is 67.6 Å². The summed E-state index contributed by atoms with van der Waals surface area (Å²) in [6.45, 7) is 4.59. The van der Waals surface area contributed by atoms with E-state index in [1.54, 1.807) is 4.90 Å². The number of hydrogen-bond donors (Lipinski definition) is 1. The van der Waals surface area contributed by atoms with Gasteiger partial charge in [0.1, 0.15) is 0 Å². The van der Waals surface area contributed by atoms with Crippen LogP contribution >= 0.6 is 0 Å². The number of anilines is 1. The minimum atomic E-state index is -0.182. The molecule has 136 valence electrons. The molecule has 0 unspecified atom stereocenters. The van der Waals surface area contributed by atoms with Crippen LogP contribution in [0.25, 0.3) is 10.8 Å². The Kier molecular flexibility index (Phi) is 4.40. The lowest BCUT2D eigenvalue weighted by molar-refractivity contribution is -0.117. The fourth-order valence-corrected chi connectivity index (χ4v) is 3.55. The van der Waals surface area contributed by atoms with E-state index in [9.17, 15) is 9.59 Å². The number of rotatable bonds is 3. The van der Waals surface area contributed by atoms with Crippen LogP contribution in [0.3, 0.4) is 0 Å².